The molecule has 1 unspecified atom stereocenters. The summed E-state index contributed by atoms with van der Waals surface area (Å²) in [7, 11) is 0. The Morgan fingerprint density at radius 3 is 2.75 bits per heavy atom. The summed E-state index contributed by atoms with van der Waals surface area (Å²) < 4.78 is 10.4. The van der Waals surface area contributed by atoms with Crippen molar-refractivity contribution in [2.45, 2.75) is 26.0 Å². The molecule has 24 heavy (non-hydrogen) atoms. The molecule has 0 aliphatic rings. The number of rotatable bonds is 6. The maximum Gasteiger partial charge on any atom is 0.139 e. The maximum atomic E-state index is 11.3. The van der Waals surface area contributed by atoms with Gasteiger partial charge in [0.25, 0.3) is 0 Å². The van der Waals surface area contributed by atoms with Crippen LogP contribution in [0.1, 0.15) is 13.8 Å². The highest BCUT2D eigenvalue weighted by Crippen LogP contribution is 2.35. The van der Waals surface area contributed by atoms with E-state index in [4.69, 9.17) is 27.9 Å². The highest BCUT2D eigenvalue weighted by atomic mass is 127. The molecule has 1 heterocycles. The van der Waals surface area contributed by atoms with Crippen LogP contribution in [0.3, 0.4) is 0 Å². The second-order valence-corrected chi connectivity index (χ2v) is 7.36. The molecular weight excluding hydrogens is 462 g/mol. The molecule has 2 rings (SSSR count). The third-order valence-electron chi connectivity index (χ3n) is 3.89. The van der Waals surface area contributed by atoms with Crippen LogP contribution in [0, 0.1) is 15.3 Å². The van der Waals surface area contributed by atoms with Crippen LogP contribution in [-0.4, -0.2) is 26.9 Å². The first kappa shape index (κ1) is 19.4. The maximum absolute atomic E-state index is 11.3. The minimum Gasteiger partial charge on any atom is -0.489 e. The Bertz CT molecular complexity index is 754. The van der Waals surface area contributed by atoms with Crippen LogP contribution in [0.2, 0.25) is 10.0 Å². The summed E-state index contributed by atoms with van der Waals surface area (Å²) in [4.78, 5) is 4.01. The van der Waals surface area contributed by atoms with E-state index in [9.17, 15) is 5.11 Å². The first-order chi connectivity index (χ1) is 11.3. The monoisotopic (exact) mass is 478 g/mol. The molecule has 4 nitrogen and oxygen atoms in total. The van der Waals surface area contributed by atoms with Crippen LogP contribution in [0.25, 0.3) is 0 Å². The summed E-state index contributed by atoms with van der Waals surface area (Å²) in [6.45, 7) is 4.03. The van der Waals surface area contributed by atoms with Crippen LogP contribution in [0.15, 0.2) is 36.9 Å². The van der Waals surface area contributed by atoms with Crippen LogP contribution in [-0.2, 0) is 6.54 Å². The molecule has 0 bridgehead atoms. The molecule has 0 saturated heterocycles. The van der Waals surface area contributed by atoms with E-state index in [1.165, 1.54) is 0 Å². The number of ether oxygens (including phenoxy) is 1. The molecule has 0 saturated carbocycles. The van der Waals surface area contributed by atoms with Crippen LogP contribution >= 0.6 is 45.8 Å². The number of benzene rings is 1. The molecule has 0 radical (unpaired) electrons. The number of imidazole rings is 1. The molecule has 1 N–H and O–H groups in total. The number of hydrogen-bond donors (Lipinski definition) is 1. The van der Waals surface area contributed by atoms with Gasteiger partial charge in [-0.3, -0.25) is 0 Å². The van der Waals surface area contributed by atoms with Gasteiger partial charge in [0, 0.05) is 46.1 Å². The Hall–Kier alpha value is -0.940. The fourth-order valence-electron chi connectivity index (χ4n) is 2.13. The lowest BCUT2D eigenvalue weighted by Gasteiger charge is -2.39. The SMILES string of the molecule is CC(C)(C#CI)C(O)(COc1cc(Cl)ccc1Cl)Cn1ccnc1. The summed E-state index contributed by atoms with van der Waals surface area (Å²) in [5.74, 6) is 3.47. The summed E-state index contributed by atoms with van der Waals surface area (Å²) in [5.41, 5.74) is -1.99. The van der Waals surface area contributed by atoms with E-state index in [0.29, 0.717) is 15.8 Å². The zero-order valence-electron chi connectivity index (χ0n) is 13.3. The van der Waals surface area contributed by atoms with Gasteiger partial charge in [-0.15, -0.1) is 0 Å². The third-order valence-corrected chi connectivity index (χ3v) is 4.70. The molecule has 0 amide bonds. The number of nitrogens with zero attached hydrogens (tertiary/aromatic N) is 2. The van der Waals surface area contributed by atoms with Gasteiger partial charge in [-0.25, -0.2) is 4.98 Å². The standard InChI is InChI=1S/C17H17Cl2IN2O2/c1-16(2,5-6-20)17(23,10-22-8-7-21-12-22)11-24-15-9-13(18)3-4-14(15)19/h3-4,7-9,12,23H,10-11H2,1-2H3. The minimum atomic E-state index is -1.27. The Balaban J connectivity index is 2.28. The lowest BCUT2D eigenvalue weighted by Crippen LogP contribution is -2.52. The van der Waals surface area contributed by atoms with E-state index in [1.54, 1.807) is 41.5 Å². The lowest BCUT2D eigenvalue weighted by molar-refractivity contribution is -0.0828. The van der Waals surface area contributed by atoms with Crippen LogP contribution in [0.5, 0.6) is 5.75 Å². The molecule has 128 valence electrons. The number of halogens is 3. The van der Waals surface area contributed by atoms with Crippen LogP contribution in [0.4, 0.5) is 0 Å². The van der Waals surface area contributed by atoms with Gasteiger partial charge in [0.2, 0.25) is 0 Å². The normalized spacial score (nSPS) is 13.8. The van der Waals surface area contributed by atoms with E-state index < -0.39 is 11.0 Å². The fraction of sp³-hybridized carbons (Fsp3) is 0.353. The van der Waals surface area contributed by atoms with Gasteiger partial charge in [-0.2, -0.15) is 0 Å². The summed E-state index contributed by atoms with van der Waals surface area (Å²) in [5, 5.41) is 12.3. The van der Waals surface area contributed by atoms with Gasteiger partial charge in [0.05, 0.1) is 23.3 Å². The van der Waals surface area contributed by atoms with Gasteiger partial charge in [-0.1, -0.05) is 29.1 Å². The largest absolute Gasteiger partial charge is 0.489 e. The number of aromatic nitrogens is 2. The van der Waals surface area contributed by atoms with Gasteiger partial charge < -0.3 is 14.4 Å². The zero-order valence-corrected chi connectivity index (χ0v) is 16.9. The van der Waals surface area contributed by atoms with E-state index in [-0.39, 0.29) is 13.2 Å². The zero-order chi connectivity index (χ0) is 17.8. The van der Waals surface area contributed by atoms with Crippen molar-refractivity contribution in [3.63, 3.8) is 0 Å². The predicted molar refractivity (Wildman–Crippen MR) is 105 cm³/mol. The second kappa shape index (κ2) is 7.96. The van der Waals surface area contributed by atoms with E-state index in [1.807, 2.05) is 36.4 Å². The summed E-state index contributed by atoms with van der Waals surface area (Å²) in [6, 6.07) is 4.96. The molecule has 1 aromatic heterocycles. The number of hydrogen-bond acceptors (Lipinski definition) is 3. The molecule has 1 atom stereocenters. The van der Waals surface area contributed by atoms with Gasteiger partial charge in [0.15, 0.2) is 0 Å². The Labute approximate surface area is 165 Å². The molecule has 7 heteroatoms. The van der Waals surface area contributed by atoms with Crippen molar-refractivity contribution in [2.75, 3.05) is 6.61 Å². The third kappa shape index (κ3) is 4.57. The van der Waals surface area contributed by atoms with Gasteiger partial charge in [0.1, 0.15) is 18.0 Å². The van der Waals surface area contributed by atoms with Crippen molar-refractivity contribution >= 4 is 45.8 Å². The van der Waals surface area contributed by atoms with E-state index >= 15 is 0 Å². The first-order valence-electron chi connectivity index (χ1n) is 7.16. The molecular formula is C17H17Cl2IN2O2. The van der Waals surface area contributed by atoms with E-state index in [2.05, 4.69) is 14.8 Å². The van der Waals surface area contributed by atoms with Crippen molar-refractivity contribution in [3.8, 4) is 15.6 Å². The van der Waals surface area contributed by atoms with Crippen molar-refractivity contribution in [3.05, 3.63) is 47.0 Å². The molecule has 1 aromatic carbocycles. The summed E-state index contributed by atoms with van der Waals surface area (Å²) >= 11 is 14.1. The van der Waals surface area contributed by atoms with Crippen molar-refractivity contribution < 1.29 is 9.84 Å². The van der Waals surface area contributed by atoms with Crippen LogP contribution < -0.4 is 4.74 Å². The minimum absolute atomic E-state index is 0.00353. The average molecular weight is 479 g/mol. The Morgan fingerprint density at radius 2 is 2.12 bits per heavy atom. The predicted octanol–water partition coefficient (Wildman–Crippen LogP) is 4.42. The highest BCUT2D eigenvalue weighted by Gasteiger charge is 2.44. The highest BCUT2D eigenvalue weighted by molar-refractivity contribution is 14.1. The molecule has 0 spiro atoms. The quantitative estimate of drug-likeness (QED) is 0.493. The topological polar surface area (TPSA) is 47.3 Å². The molecule has 0 aliphatic carbocycles. The average Bonchev–Trinajstić information content (AvgIpc) is 3.01. The molecule has 0 fully saturated rings. The first-order valence-corrected chi connectivity index (χ1v) is 9.00. The van der Waals surface area contributed by atoms with Gasteiger partial charge >= 0.3 is 0 Å². The van der Waals surface area contributed by atoms with Crippen molar-refractivity contribution in [1.82, 2.24) is 9.55 Å². The molecule has 0 aliphatic heterocycles. The van der Waals surface area contributed by atoms with Gasteiger partial charge in [-0.05, 0) is 29.9 Å². The fourth-order valence-corrected chi connectivity index (χ4v) is 3.13. The smallest absolute Gasteiger partial charge is 0.139 e. The van der Waals surface area contributed by atoms with Crippen molar-refractivity contribution in [1.29, 1.82) is 0 Å². The Morgan fingerprint density at radius 1 is 1.38 bits per heavy atom. The summed E-state index contributed by atoms with van der Waals surface area (Å²) in [6.07, 6.45) is 5.09. The lowest BCUT2D eigenvalue weighted by atomic mass is 9.75. The van der Waals surface area contributed by atoms with Crippen molar-refractivity contribution in [2.24, 2.45) is 5.41 Å². The Kier molecular flexibility index (Phi) is 6.43. The van der Waals surface area contributed by atoms with E-state index in [0.717, 1.165) is 0 Å². The number of aliphatic hydroxyl groups is 1. The second-order valence-electron chi connectivity index (χ2n) is 5.97. The molecule has 2 aromatic rings.